The molecule has 0 aliphatic heterocycles. The van der Waals surface area contributed by atoms with Crippen molar-refractivity contribution in [1.82, 2.24) is 0 Å². The highest BCUT2D eigenvalue weighted by Crippen LogP contribution is 2.27. The van der Waals surface area contributed by atoms with Crippen LogP contribution in [0.5, 0.6) is 0 Å². The minimum Gasteiger partial charge on any atom is -0.300 e. The zero-order valence-corrected chi connectivity index (χ0v) is 9.99. The van der Waals surface area contributed by atoms with Gasteiger partial charge in [0, 0.05) is 10.6 Å². The number of nitrogens with one attached hydrogen (secondary N) is 1. The van der Waals surface area contributed by atoms with Gasteiger partial charge in [0.25, 0.3) is 0 Å². The molecule has 0 amide bonds. The van der Waals surface area contributed by atoms with Crippen molar-refractivity contribution in [3.63, 3.8) is 0 Å². The number of hydrogen-bond donors (Lipinski definition) is 1. The quantitative estimate of drug-likeness (QED) is 0.732. The van der Waals surface area contributed by atoms with Gasteiger partial charge in [0.05, 0.1) is 5.71 Å². The van der Waals surface area contributed by atoms with Gasteiger partial charge in [-0.15, -0.1) is 0 Å². The lowest BCUT2D eigenvalue weighted by atomic mass is 9.90. The molecule has 1 aliphatic carbocycles. The third-order valence-electron chi connectivity index (χ3n) is 2.54. The Balaban J connectivity index is 3.21. The summed E-state index contributed by atoms with van der Waals surface area (Å²) in [5, 5.41) is 8.42. The van der Waals surface area contributed by atoms with Crippen LogP contribution in [0, 0.1) is 5.41 Å². The maximum Gasteiger partial charge on any atom is 0.0630 e. The van der Waals surface area contributed by atoms with Crippen LogP contribution >= 0.6 is 11.6 Å². The van der Waals surface area contributed by atoms with Gasteiger partial charge in [0.1, 0.15) is 0 Å². The van der Waals surface area contributed by atoms with E-state index in [-0.39, 0.29) is 0 Å². The lowest BCUT2D eigenvalue weighted by Gasteiger charge is -2.16. The summed E-state index contributed by atoms with van der Waals surface area (Å²) in [5.41, 5.74) is 3.76. The van der Waals surface area contributed by atoms with E-state index in [1.807, 2.05) is 12.2 Å². The molecule has 0 aromatic heterocycles. The lowest BCUT2D eigenvalue weighted by Crippen LogP contribution is -2.06. The molecule has 0 heterocycles. The second-order valence-electron chi connectivity index (χ2n) is 3.43. The van der Waals surface area contributed by atoms with Gasteiger partial charge < -0.3 is 5.41 Å². The largest absolute Gasteiger partial charge is 0.300 e. The Morgan fingerprint density at radius 2 is 1.87 bits per heavy atom. The summed E-state index contributed by atoms with van der Waals surface area (Å²) in [6.07, 6.45) is 7.42. The van der Waals surface area contributed by atoms with Crippen LogP contribution in [0.25, 0.3) is 0 Å². The summed E-state index contributed by atoms with van der Waals surface area (Å²) < 4.78 is 0. The van der Waals surface area contributed by atoms with Crippen LogP contribution in [-0.2, 0) is 0 Å². The molecule has 0 bridgehead atoms. The molecule has 0 spiro atoms. The lowest BCUT2D eigenvalue weighted by molar-refractivity contribution is 1.02. The molecule has 1 aliphatic rings. The van der Waals surface area contributed by atoms with Gasteiger partial charge in [-0.2, -0.15) is 0 Å². The van der Waals surface area contributed by atoms with E-state index in [9.17, 15) is 0 Å². The molecule has 0 saturated carbocycles. The molecule has 0 radical (unpaired) electrons. The average molecular weight is 222 g/mol. The maximum absolute atomic E-state index is 7.87. The smallest absolute Gasteiger partial charge is 0.0630 e. The minimum absolute atomic E-state index is 0.481. The number of allylic oxidation sites excluding steroid dienone is 7. The fourth-order valence-electron chi connectivity index (χ4n) is 1.66. The van der Waals surface area contributed by atoms with Gasteiger partial charge in [-0.3, -0.25) is 0 Å². The standard InChI is InChI=1S/C13H16ClN/c1-4-9-7-11(12(14)6-3)13(15)8-10(9)5-2/h6-8,15H,3-5H2,1-2H3/b12-11+,15-13?. The Labute approximate surface area is 96.3 Å². The first-order valence-corrected chi connectivity index (χ1v) is 5.54. The van der Waals surface area contributed by atoms with Gasteiger partial charge in [-0.25, -0.2) is 0 Å². The van der Waals surface area contributed by atoms with E-state index in [0.29, 0.717) is 10.7 Å². The van der Waals surface area contributed by atoms with Crippen molar-refractivity contribution in [2.45, 2.75) is 26.7 Å². The Morgan fingerprint density at radius 3 is 2.33 bits per heavy atom. The molecular weight excluding hydrogens is 206 g/mol. The number of halogens is 1. The van der Waals surface area contributed by atoms with Crippen molar-refractivity contribution in [2.24, 2.45) is 0 Å². The Bertz CT molecular complexity index is 383. The van der Waals surface area contributed by atoms with E-state index in [0.717, 1.165) is 18.4 Å². The Hall–Kier alpha value is -1.08. The second kappa shape index (κ2) is 5.13. The van der Waals surface area contributed by atoms with E-state index >= 15 is 0 Å². The molecule has 15 heavy (non-hydrogen) atoms. The zero-order valence-electron chi connectivity index (χ0n) is 9.23. The fourth-order valence-corrected chi connectivity index (χ4v) is 1.81. The van der Waals surface area contributed by atoms with Crippen molar-refractivity contribution in [2.75, 3.05) is 0 Å². The van der Waals surface area contributed by atoms with Crippen LogP contribution in [-0.4, -0.2) is 5.71 Å². The second-order valence-corrected chi connectivity index (χ2v) is 3.83. The topological polar surface area (TPSA) is 23.9 Å². The fraction of sp³-hybridized carbons (Fsp3) is 0.308. The molecule has 80 valence electrons. The summed E-state index contributed by atoms with van der Waals surface area (Å²) in [6, 6.07) is 0. The Kier molecular flexibility index (Phi) is 4.10. The van der Waals surface area contributed by atoms with E-state index in [1.54, 1.807) is 6.08 Å². The first kappa shape index (κ1) is 12.0. The molecule has 1 N–H and O–H groups in total. The molecule has 0 atom stereocenters. The zero-order chi connectivity index (χ0) is 11.4. The van der Waals surface area contributed by atoms with Gasteiger partial charge in [-0.05, 0) is 36.1 Å². The summed E-state index contributed by atoms with van der Waals surface area (Å²) in [5.74, 6) is 0. The van der Waals surface area contributed by atoms with E-state index in [4.69, 9.17) is 17.0 Å². The van der Waals surface area contributed by atoms with Gasteiger partial charge in [0.15, 0.2) is 0 Å². The number of rotatable bonds is 3. The third-order valence-corrected chi connectivity index (χ3v) is 2.90. The molecule has 0 saturated heterocycles. The van der Waals surface area contributed by atoms with Crippen molar-refractivity contribution in [3.8, 4) is 0 Å². The molecule has 0 aromatic carbocycles. The minimum atomic E-state index is 0.481. The van der Waals surface area contributed by atoms with Gasteiger partial charge in [-0.1, -0.05) is 38.1 Å². The summed E-state index contributed by atoms with van der Waals surface area (Å²) in [7, 11) is 0. The van der Waals surface area contributed by atoms with E-state index in [2.05, 4.69) is 20.4 Å². The molecule has 2 heteroatoms. The molecule has 1 rings (SSSR count). The normalized spacial score (nSPS) is 19.5. The van der Waals surface area contributed by atoms with Gasteiger partial charge in [0.2, 0.25) is 0 Å². The van der Waals surface area contributed by atoms with Crippen molar-refractivity contribution in [1.29, 1.82) is 5.41 Å². The van der Waals surface area contributed by atoms with Crippen molar-refractivity contribution in [3.05, 3.63) is 46.6 Å². The average Bonchev–Trinajstić information content (AvgIpc) is 2.27. The van der Waals surface area contributed by atoms with E-state index in [1.165, 1.54) is 11.1 Å². The van der Waals surface area contributed by atoms with Crippen molar-refractivity contribution >= 4 is 17.3 Å². The molecular formula is C13H16ClN. The Morgan fingerprint density at radius 1 is 1.33 bits per heavy atom. The molecule has 0 unspecified atom stereocenters. The first-order valence-electron chi connectivity index (χ1n) is 5.16. The van der Waals surface area contributed by atoms with Crippen LogP contribution in [0.4, 0.5) is 0 Å². The van der Waals surface area contributed by atoms with Crippen LogP contribution in [0.1, 0.15) is 26.7 Å². The van der Waals surface area contributed by atoms with Crippen LogP contribution in [0.2, 0.25) is 0 Å². The predicted molar refractivity (Wildman–Crippen MR) is 67.6 cm³/mol. The highest BCUT2D eigenvalue weighted by atomic mass is 35.5. The van der Waals surface area contributed by atoms with Crippen LogP contribution in [0.15, 0.2) is 46.6 Å². The third kappa shape index (κ3) is 2.48. The predicted octanol–water partition coefficient (Wildman–Crippen LogP) is 4.37. The summed E-state index contributed by atoms with van der Waals surface area (Å²) >= 11 is 6.00. The van der Waals surface area contributed by atoms with Crippen LogP contribution < -0.4 is 0 Å². The highest BCUT2D eigenvalue weighted by Gasteiger charge is 2.14. The monoisotopic (exact) mass is 221 g/mol. The van der Waals surface area contributed by atoms with Crippen molar-refractivity contribution < 1.29 is 0 Å². The SMILES string of the molecule is C=C/C(Cl)=C1/C=C(CC)C(CC)=CC1=N. The van der Waals surface area contributed by atoms with Crippen LogP contribution in [0.3, 0.4) is 0 Å². The molecule has 0 aromatic rings. The van der Waals surface area contributed by atoms with Gasteiger partial charge >= 0.3 is 0 Å². The first-order chi connectivity index (χ1) is 7.13. The summed E-state index contributed by atoms with van der Waals surface area (Å²) in [6.45, 7) is 7.84. The number of hydrogen-bond acceptors (Lipinski definition) is 1. The maximum atomic E-state index is 7.87. The molecule has 1 nitrogen and oxygen atoms in total. The highest BCUT2D eigenvalue weighted by molar-refractivity contribution is 6.35. The molecule has 0 fully saturated rings. The van der Waals surface area contributed by atoms with E-state index < -0.39 is 0 Å². The summed E-state index contributed by atoms with van der Waals surface area (Å²) in [4.78, 5) is 0.